The molecule has 92 valence electrons. The van der Waals surface area contributed by atoms with Crippen molar-refractivity contribution in [3.05, 3.63) is 0 Å². The number of nitrogens with one attached hydrogen (secondary N) is 1. The molecule has 2 heterocycles. The molecule has 0 bridgehead atoms. The Morgan fingerprint density at radius 2 is 2.00 bits per heavy atom. The van der Waals surface area contributed by atoms with Gasteiger partial charge in [0.25, 0.3) is 0 Å². The molecule has 3 N–H and O–H groups in total. The number of nitrogens with two attached hydrogens (primary N) is 1. The van der Waals surface area contributed by atoms with E-state index in [2.05, 4.69) is 24.2 Å². The fourth-order valence-electron chi connectivity index (χ4n) is 4.32. The second-order valence-electron chi connectivity index (χ2n) is 6.22. The predicted molar refractivity (Wildman–Crippen MR) is 65.9 cm³/mol. The zero-order chi connectivity index (χ0) is 11.3. The van der Waals surface area contributed by atoms with Crippen LogP contribution in [-0.4, -0.2) is 36.7 Å². The van der Waals surface area contributed by atoms with E-state index >= 15 is 0 Å². The van der Waals surface area contributed by atoms with Crippen LogP contribution in [0.4, 0.5) is 0 Å². The number of nitrogens with zero attached hydrogens (tertiary/aromatic N) is 1. The van der Waals surface area contributed by atoms with Gasteiger partial charge in [0.15, 0.2) is 0 Å². The summed E-state index contributed by atoms with van der Waals surface area (Å²) in [7, 11) is 2.23. The summed E-state index contributed by atoms with van der Waals surface area (Å²) >= 11 is 0. The van der Waals surface area contributed by atoms with E-state index < -0.39 is 0 Å². The van der Waals surface area contributed by atoms with Crippen molar-refractivity contribution in [3.8, 4) is 0 Å². The Morgan fingerprint density at radius 1 is 1.19 bits per heavy atom. The molecule has 0 aromatic heterocycles. The van der Waals surface area contributed by atoms with Crippen LogP contribution in [0.2, 0.25) is 0 Å². The Hall–Kier alpha value is -0.120. The van der Waals surface area contributed by atoms with Crippen molar-refractivity contribution in [1.29, 1.82) is 0 Å². The van der Waals surface area contributed by atoms with Gasteiger partial charge in [0, 0.05) is 18.0 Å². The Labute approximate surface area is 98.8 Å². The molecule has 3 rings (SSSR count). The molecule has 3 aliphatic rings. The van der Waals surface area contributed by atoms with E-state index in [0.29, 0.717) is 24.2 Å². The molecule has 0 spiro atoms. The molecule has 1 aliphatic carbocycles. The van der Waals surface area contributed by atoms with Gasteiger partial charge >= 0.3 is 0 Å². The SMILES string of the molecule is CC1CCCC2C(N)C3CCN(C)C3NC12. The zero-order valence-electron chi connectivity index (χ0n) is 10.5. The third-order valence-electron chi connectivity index (χ3n) is 5.32. The van der Waals surface area contributed by atoms with Gasteiger partial charge in [0.1, 0.15) is 0 Å². The fraction of sp³-hybridized carbons (Fsp3) is 1.00. The van der Waals surface area contributed by atoms with Gasteiger partial charge in [0.2, 0.25) is 0 Å². The lowest BCUT2D eigenvalue weighted by Crippen LogP contribution is -2.65. The summed E-state index contributed by atoms with van der Waals surface area (Å²) in [5.41, 5.74) is 6.53. The highest BCUT2D eigenvalue weighted by Crippen LogP contribution is 2.40. The van der Waals surface area contributed by atoms with Crippen LogP contribution in [0.25, 0.3) is 0 Å². The molecule has 0 aromatic rings. The van der Waals surface area contributed by atoms with E-state index in [0.717, 1.165) is 11.8 Å². The van der Waals surface area contributed by atoms with Crippen LogP contribution in [0.5, 0.6) is 0 Å². The van der Waals surface area contributed by atoms with E-state index in [-0.39, 0.29) is 0 Å². The number of hydrogen-bond acceptors (Lipinski definition) is 3. The molecule has 0 aromatic carbocycles. The molecular weight excluding hydrogens is 198 g/mol. The standard InChI is InChI=1S/C13H25N3/c1-8-4-3-5-9-11(14)10-6-7-16(2)13(10)15-12(8)9/h8-13,15H,3-7,14H2,1-2H3. The maximum absolute atomic E-state index is 6.53. The van der Waals surface area contributed by atoms with Crippen molar-refractivity contribution in [2.24, 2.45) is 23.5 Å². The smallest absolute Gasteiger partial charge is 0.0641 e. The molecule has 3 nitrogen and oxygen atoms in total. The van der Waals surface area contributed by atoms with Crippen LogP contribution in [0.3, 0.4) is 0 Å². The van der Waals surface area contributed by atoms with Crippen LogP contribution in [0.15, 0.2) is 0 Å². The number of rotatable bonds is 0. The average molecular weight is 223 g/mol. The lowest BCUT2D eigenvalue weighted by Gasteiger charge is -2.50. The van der Waals surface area contributed by atoms with Crippen molar-refractivity contribution in [3.63, 3.8) is 0 Å². The molecule has 2 aliphatic heterocycles. The van der Waals surface area contributed by atoms with Crippen molar-refractivity contribution in [1.82, 2.24) is 10.2 Å². The first kappa shape index (κ1) is 11.0. The summed E-state index contributed by atoms with van der Waals surface area (Å²) in [4.78, 5) is 2.46. The molecule has 16 heavy (non-hydrogen) atoms. The van der Waals surface area contributed by atoms with Crippen molar-refractivity contribution in [2.75, 3.05) is 13.6 Å². The van der Waals surface area contributed by atoms with E-state index in [9.17, 15) is 0 Å². The minimum atomic E-state index is 0.434. The molecule has 3 fully saturated rings. The van der Waals surface area contributed by atoms with Gasteiger partial charge in [-0.3, -0.25) is 10.2 Å². The summed E-state index contributed by atoms with van der Waals surface area (Å²) in [6.07, 6.45) is 5.94. The molecule has 6 unspecified atom stereocenters. The van der Waals surface area contributed by atoms with Crippen molar-refractivity contribution in [2.45, 2.75) is 50.9 Å². The second kappa shape index (κ2) is 3.97. The summed E-state index contributed by atoms with van der Waals surface area (Å²) in [6.45, 7) is 3.61. The van der Waals surface area contributed by atoms with Gasteiger partial charge in [0.05, 0.1) is 6.17 Å². The summed E-state index contributed by atoms with van der Waals surface area (Å²) in [5, 5.41) is 3.89. The third kappa shape index (κ3) is 1.52. The Bertz CT molecular complexity index is 268. The Morgan fingerprint density at radius 3 is 2.81 bits per heavy atom. The van der Waals surface area contributed by atoms with Gasteiger partial charge in [-0.25, -0.2) is 0 Å². The average Bonchev–Trinajstić information content (AvgIpc) is 2.63. The van der Waals surface area contributed by atoms with E-state index in [1.54, 1.807) is 0 Å². The molecule has 1 saturated carbocycles. The van der Waals surface area contributed by atoms with Crippen molar-refractivity contribution >= 4 is 0 Å². The summed E-state index contributed by atoms with van der Waals surface area (Å²) < 4.78 is 0. The van der Waals surface area contributed by atoms with Crippen LogP contribution in [0, 0.1) is 17.8 Å². The van der Waals surface area contributed by atoms with Gasteiger partial charge in [-0.1, -0.05) is 13.3 Å². The number of piperidine rings is 1. The third-order valence-corrected chi connectivity index (χ3v) is 5.32. The lowest BCUT2D eigenvalue weighted by atomic mass is 9.68. The second-order valence-corrected chi connectivity index (χ2v) is 6.22. The topological polar surface area (TPSA) is 41.3 Å². The maximum Gasteiger partial charge on any atom is 0.0641 e. The monoisotopic (exact) mass is 223 g/mol. The molecule has 3 heteroatoms. The number of hydrogen-bond donors (Lipinski definition) is 2. The summed E-state index contributed by atoms with van der Waals surface area (Å²) in [6, 6.07) is 1.11. The number of fused-ring (bicyclic) bond motifs is 2. The Balaban J connectivity index is 1.83. The molecule has 6 atom stereocenters. The first-order valence-electron chi connectivity index (χ1n) is 6.90. The molecule has 0 radical (unpaired) electrons. The minimum Gasteiger partial charge on any atom is -0.327 e. The van der Waals surface area contributed by atoms with Gasteiger partial charge in [-0.15, -0.1) is 0 Å². The molecule has 2 saturated heterocycles. The number of likely N-dealkylation sites (tertiary alicyclic amines) is 1. The van der Waals surface area contributed by atoms with E-state index in [1.165, 1.54) is 32.2 Å². The molecule has 0 amide bonds. The van der Waals surface area contributed by atoms with Crippen LogP contribution >= 0.6 is 0 Å². The largest absolute Gasteiger partial charge is 0.327 e. The van der Waals surface area contributed by atoms with E-state index in [1.807, 2.05) is 0 Å². The Kier molecular flexibility index (Phi) is 2.73. The van der Waals surface area contributed by atoms with Crippen LogP contribution < -0.4 is 11.1 Å². The van der Waals surface area contributed by atoms with Crippen LogP contribution in [0.1, 0.15) is 32.6 Å². The zero-order valence-corrected chi connectivity index (χ0v) is 10.5. The van der Waals surface area contributed by atoms with Crippen molar-refractivity contribution < 1.29 is 0 Å². The lowest BCUT2D eigenvalue weighted by molar-refractivity contribution is 0.0422. The highest BCUT2D eigenvalue weighted by molar-refractivity contribution is 5.04. The highest BCUT2D eigenvalue weighted by Gasteiger charge is 2.48. The normalized spacial score (nSPS) is 53.4. The van der Waals surface area contributed by atoms with Crippen LogP contribution in [-0.2, 0) is 0 Å². The first-order valence-corrected chi connectivity index (χ1v) is 6.90. The van der Waals surface area contributed by atoms with Gasteiger partial charge in [-0.2, -0.15) is 0 Å². The molecular formula is C13H25N3. The van der Waals surface area contributed by atoms with E-state index in [4.69, 9.17) is 5.73 Å². The van der Waals surface area contributed by atoms with Gasteiger partial charge < -0.3 is 5.73 Å². The fourth-order valence-corrected chi connectivity index (χ4v) is 4.32. The van der Waals surface area contributed by atoms with Gasteiger partial charge in [-0.05, 0) is 44.7 Å². The minimum absolute atomic E-state index is 0.434. The summed E-state index contributed by atoms with van der Waals surface area (Å²) in [5.74, 6) is 2.23. The quantitative estimate of drug-likeness (QED) is 0.644. The first-order chi connectivity index (χ1) is 7.68. The maximum atomic E-state index is 6.53. The predicted octanol–water partition coefficient (Wildman–Crippen LogP) is 1.000. The highest BCUT2D eigenvalue weighted by atomic mass is 15.3.